The number of alkyl halides is 5. The highest BCUT2D eigenvalue weighted by molar-refractivity contribution is 5.93. The summed E-state index contributed by atoms with van der Waals surface area (Å²) in [5.74, 6) is -2.95. The number of benzene rings is 1. The molecule has 1 saturated carbocycles. The van der Waals surface area contributed by atoms with E-state index in [1.165, 1.54) is 19.3 Å². The van der Waals surface area contributed by atoms with Crippen LogP contribution in [0, 0.1) is 0 Å². The van der Waals surface area contributed by atoms with Gasteiger partial charge in [-0.2, -0.15) is 18.2 Å². The third-order valence-electron chi connectivity index (χ3n) is 6.16. The summed E-state index contributed by atoms with van der Waals surface area (Å²) in [6, 6.07) is 4.06. The Kier molecular flexibility index (Phi) is 8.62. The number of aliphatic carboxylic acids is 1. The normalized spacial score (nSPS) is 18.2. The number of ether oxygens (including phenoxy) is 2. The summed E-state index contributed by atoms with van der Waals surface area (Å²) >= 11 is 0. The van der Waals surface area contributed by atoms with E-state index in [2.05, 4.69) is 10.3 Å². The van der Waals surface area contributed by atoms with Gasteiger partial charge in [0.15, 0.2) is 11.5 Å². The van der Waals surface area contributed by atoms with Crippen LogP contribution in [0.25, 0.3) is 10.9 Å². The first-order valence-electron chi connectivity index (χ1n) is 11.6. The Morgan fingerprint density at radius 2 is 1.61 bits per heavy atom. The maximum atomic E-state index is 13.6. The second kappa shape index (κ2) is 11.3. The fourth-order valence-electron chi connectivity index (χ4n) is 4.17. The molecule has 2 heterocycles. The van der Waals surface area contributed by atoms with E-state index in [9.17, 15) is 22.0 Å². The third kappa shape index (κ3) is 6.97. The maximum Gasteiger partial charge on any atom is 0.490 e. The molecule has 0 bridgehead atoms. The van der Waals surface area contributed by atoms with Gasteiger partial charge >= 0.3 is 12.1 Å². The van der Waals surface area contributed by atoms with Gasteiger partial charge in [0.25, 0.3) is 5.92 Å². The summed E-state index contributed by atoms with van der Waals surface area (Å²) in [7, 11) is 3.18. The number of nitrogens with zero attached hydrogens (tertiary/aromatic N) is 3. The number of aromatic nitrogens is 2. The third-order valence-corrected chi connectivity index (χ3v) is 6.16. The fourth-order valence-corrected chi connectivity index (χ4v) is 4.17. The van der Waals surface area contributed by atoms with Crippen LogP contribution >= 0.6 is 0 Å². The van der Waals surface area contributed by atoms with Gasteiger partial charge in [0, 0.05) is 43.4 Å². The number of carbonyl (C=O) groups is 1. The van der Waals surface area contributed by atoms with Crippen molar-refractivity contribution in [1.82, 2.24) is 9.97 Å². The summed E-state index contributed by atoms with van der Waals surface area (Å²) in [6.07, 6.45) is 0.435. The van der Waals surface area contributed by atoms with E-state index in [0.717, 1.165) is 24.0 Å². The fraction of sp³-hybridized carbons (Fsp3) is 0.609. The zero-order chi connectivity index (χ0) is 26.5. The number of methoxy groups -OCH3 is 2. The average Bonchev–Trinajstić information content (AvgIpc) is 2.83. The second-order valence-corrected chi connectivity index (χ2v) is 8.72. The smallest absolute Gasteiger partial charge is 0.490 e. The number of hydrogen-bond acceptors (Lipinski definition) is 7. The number of anilines is 2. The molecule has 0 amide bonds. The van der Waals surface area contributed by atoms with E-state index in [0.29, 0.717) is 29.0 Å². The van der Waals surface area contributed by atoms with E-state index in [4.69, 9.17) is 24.4 Å². The quantitative estimate of drug-likeness (QED) is 0.516. The molecule has 13 heteroatoms. The van der Waals surface area contributed by atoms with E-state index >= 15 is 0 Å². The summed E-state index contributed by atoms with van der Waals surface area (Å²) in [5.41, 5.74) is 0.711. The zero-order valence-corrected chi connectivity index (χ0v) is 20.0. The van der Waals surface area contributed by atoms with Crippen molar-refractivity contribution >= 4 is 28.6 Å². The molecule has 2 aliphatic rings. The Morgan fingerprint density at radius 1 is 1.06 bits per heavy atom. The monoisotopic (exact) mass is 520 g/mol. The van der Waals surface area contributed by atoms with Crippen LogP contribution in [0.4, 0.5) is 33.7 Å². The number of halogens is 5. The molecule has 0 spiro atoms. The molecule has 1 aliphatic carbocycles. The average molecular weight is 520 g/mol. The van der Waals surface area contributed by atoms with Crippen molar-refractivity contribution in [3.8, 4) is 11.5 Å². The predicted molar refractivity (Wildman–Crippen MR) is 123 cm³/mol. The highest BCUT2D eigenvalue weighted by Gasteiger charge is 2.38. The first kappa shape index (κ1) is 27.5. The van der Waals surface area contributed by atoms with Crippen molar-refractivity contribution in [2.24, 2.45) is 0 Å². The van der Waals surface area contributed by atoms with Crippen molar-refractivity contribution in [2.75, 3.05) is 37.5 Å². The molecule has 0 radical (unpaired) electrons. The molecule has 2 fully saturated rings. The summed E-state index contributed by atoms with van der Waals surface area (Å²) in [6.45, 7) is 0.489. The van der Waals surface area contributed by atoms with Gasteiger partial charge in [-0.3, -0.25) is 0 Å². The Balaban J connectivity index is 0.000000454. The number of fused-ring (bicyclic) bond motifs is 1. The molecule has 1 aromatic heterocycles. The predicted octanol–water partition coefficient (Wildman–Crippen LogP) is 5.26. The Labute approximate surface area is 204 Å². The first-order chi connectivity index (χ1) is 16.9. The highest BCUT2D eigenvalue weighted by Crippen LogP contribution is 2.37. The summed E-state index contributed by atoms with van der Waals surface area (Å²) < 4.78 is 69.8. The lowest BCUT2D eigenvalue weighted by molar-refractivity contribution is -0.192. The molecule has 36 heavy (non-hydrogen) atoms. The molecular formula is C23H29F5N4O4. The maximum absolute atomic E-state index is 13.6. The molecular weight excluding hydrogens is 491 g/mol. The van der Waals surface area contributed by atoms with Gasteiger partial charge in [0.05, 0.1) is 19.7 Å². The van der Waals surface area contributed by atoms with Crippen LogP contribution in [0.5, 0.6) is 11.5 Å². The number of hydrogen-bond donors (Lipinski definition) is 2. The topological polar surface area (TPSA) is 96.8 Å². The highest BCUT2D eigenvalue weighted by atomic mass is 19.4. The molecule has 0 unspecified atom stereocenters. The number of piperidine rings is 1. The van der Waals surface area contributed by atoms with Gasteiger partial charge in [-0.25, -0.2) is 18.6 Å². The van der Waals surface area contributed by atoms with E-state index in [1.54, 1.807) is 14.2 Å². The van der Waals surface area contributed by atoms with Gasteiger partial charge in [0.2, 0.25) is 5.95 Å². The standard InChI is InChI=1S/C21H28F2N4O2.C2HF3O2/c1-28-17-12-15-16(13-18(17)29-2)25-20(27-10-8-21(22,23)9-11-27)26-19(15)24-14-6-4-3-5-7-14;3-2(4,5)1(6)7/h12-14H,3-11H2,1-2H3,(H,24,25,26);(H,6,7). The number of carboxylic acids is 1. The van der Waals surface area contributed by atoms with Crippen LogP contribution < -0.4 is 19.7 Å². The molecule has 8 nitrogen and oxygen atoms in total. The minimum absolute atomic E-state index is 0.175. The van der Waals surface area contributed by atoms with E-state index in [-0.39, 0.29) is 25.9 Å². The Morgan fingerprint density at radius 3 is 2.14 bits per heavy atom. The molecule has 2 aromatic rings. The summed E-state index contributed by atoms with van der Waals surface area (Å²) in [5, 5.41) is 11.6. The van der Waals surface area contributed by atoms with E-state index < -0.39 is 18.1 Å². The molecule has 1 aromatic carbocycles. The van der Waals surface area contributed by atoms with Crippen LogP contribution in [-0.2, 0) is 4.79 Å². The van der Waals surface area contributed by atoms with Crippen molar-refractivity contribution in [3.63, 3.8) is 0 Å². The number of rotatable bonds is 5. The minimum Gasteiger partial charge on any atom is -0.493 e. The van der Waals surface area contributed by atoms with Gasteiger partial charge in [-0.15, -0.1) is 0 Å². The van der Waals surface area contributed by atoms with Crippen LogP contribution in [0.2, 0.25) is 0 Å². The lowest BCUT2D eigenvalue weighted by Gasteiger charge is -2.32. The van der Waals surface area contributed by atoms with Gasteiger partial charge in [0.1, 0.15) is 5.82 Å². The minimum atomic E-state index is -5.08. The SMILES string of the molecule is COc1cc2nc(N3CCC(F)(F)CC3)nc(NC3CCCCC3)c2cc1OC.O=C(O)C(F)(F)F. The molecule has 200 valence electrons. The Hall–Kier alpha value is -3.12. The molecule has 4 rings (SSSR count). The second-order valence-electron chi connectivity index (χ2n) is 8.72. The largest absolute Gasteiger partial charge is 0.493 e. The lowest BCUT2D eigenvalue weighted by Crippen LogP contribution is -2.40. The summed E-state index contributed by atoms with van der Waals surface area (Å²) in [4.78, 5) is 20.2. The molecule has 0 atom stereocenters. The first-order valence-corrected chi connectivity index (χ1v) is 11.6. The van der Waals surface area contributed by atoms with Crippen LogP contribution in [-0.4, -0.2) is 66.5 Å². The van der Waals surface area contributed by atoms with Crippen molar-refractivity contribution in [1.29, 1.82) is 0 Å². The van der Waals surface area contributed by atoms with Gasteiger partial charge < -0.3 is 24.8 Å². The van der Waals surface area contributed by atoms with Crippen molar-refractivity contribution in [3.05, 3.63) is 12.1 Å². The number of nitrogens with one attached hydrogen (secondary N) is 1. The van der Waals surface area contributed by atoms with Crippen LogP contribution in [0.15, 0.2) is 12.1 Å². The van der Waals surface area contributed by atoms with E-state index in [1.807, 2.05) is 17.0 Å². The Bertz CT molecular complexity index is 1050. The molecule has 1 saturated heterocycles. The van der Waals surface area contributed by atoms with Crippen LogP contribution in [0.3, 0.4) is 0 Å². The van der Waals surface area contributed by atoms with Crippen molar-refractivity contribution in [2.45, 2.75) is 63.1 Å². The number of carboxylic acid groups (broad SMARTS) is 1. The van der Waals surface area contributed by atoms with Crippen LogP contribution in [0.1, 0.15) is 44.9 Å². The van der Waals surface area contributed by atoms with Crippen molar-refractivity contribution < 1.29 is 41.3 Å². The molecule has 1 aliphatic heterocycles. The molecule has 2 N–H and O–H groups in total. The lowest BCUT2D eigenvalue weighted by atomic mass is 9.95. The van der Waals surface area contributed by atoms with Gasteiger partial charge in [-0.1, -0.05) is 19.3 Å². The van der Waals surface area contributed by atoms with Gasteiger partial charge in [-0.05, 0) is 18.9 Å². The zero-order valence-electron chi connectivity index (χ0n) is 20.0.